The van der Waals surface area contributed by atoms with Gasteiger partial charge >= 0.3 is 5.97 Å². The second-order valence-electron chi connectivity index (χ2n) is 4.10. The summed E-state index contributed by atoms with van der Waals surface area (Å²) >= 11 is 8.43. The van der Waals surface area contributed by atoms with Gasteiger partial charge in [0.15, 0.2) is 11.5 Å². The summed E-state index contributed by atoms with van der Waals surface area (Å²) in [7, 11) is 1.10. The smallest absolute Gasteiger partial charge is 0.357 e. The van der Waals surface area contributed by atoms with Gasteiger partial charge in [-0.15, -0.1) is 0 Å². The van der Waals surface area contributed by atoms with E-state index in [-0.39, 0.29) is 27.1 Å². The summed E-state index contributed by atoms with van der Waals surface area (Å²) in [6.45, 7) is 0. The van der Waals surface area contributed by atoms with Gasteiger partial charge in [-0.05, 0) is 22.0 Å². The Balaban J connectivity index is 2.88. The standard InChI is InChI=1S/C13H7BrClF2N3O2/c1-22-13(21)12-10(19)5(3-18)4-20(12)11-7(16)2-6(15)9(17)8(11)14/h2,4H,19H2,1H3. The van der Waals surface area contributed by atoms with Crippen molar-refractivity contribution in [3.8, 4) is 11.8 Å². The van der Waals surface area contributed by atoms with Crippen LogP contribution in [0, 0.1) is 23.0 Å². The summed E-state index contributed by atoms with van der Waals surface area (Å²) in [6.07, 6.45) is 1.11. The second kappa shape index (κ2) is 5.94. The number of carbonyl (C=O) groups is 1. The van der Waals surface area contributed by atoms with Crippen molar-refractivity contribution in [3.05, 3.63) is 44.7 Å². The van der Waals surface area contributed by atoms with Crippen LogP contribution in [0.5, 0.6) is 0 Å². The minimum atomic E-state index is -0.917. The fraction of sp³-hybridized carbons (Fsp3) is 0.0769. The molecule has 2 rings (SSSR count). The number of methoxy groups -OCH3 is 1. The Labute approximate surface area is 137 Å². The highest BCUT2D eigenvalue weighted by atomic mass is 79.9. The van der Waals surface area contributed by atoms with Crippen molar-refractivity contribution in [1.82, 2.24) is 4.57 Å². The summed E-state index contributed by atoms with van der Waals surface area (Å²) in [4.78, 5) is 11.8. The molecule has 0 aliphatic heterocycles. The normalized spacial score (nSPS) is 10.4. The first-order valence-corrected chi connectivity index (χ1v) is 6.83. The lowest BCUT2D eigenvalue weighted by Gasteiger charge is -2.12. The first kappa shape index (κ1) is 16.3. The van der Waals surface area contributed by atoms with Gasteiger partial charge in [0.1, 0.15) is 11.9 Å². The Bertz CT molecular complexity index is 830. The zero-order chi connectivity index (χ0) is 16.6. The van der Waals surface area contributed by atoms with Crippen molar-refractivity contribution in [2.24, 2.45) is 0 Å². The average Bonchev–Trinajstić information content (AvgIpc) is 2.80. The van der Waals surface area contributed by atoms with Gasteiger partial charge in [-0.2, -0.15) is 5.26 Å². The van der Waals surface area contributed by atoms with E-state index in [4.69, 9.17) is 22.6 Å². The van der Waals surface area contributed by atoms with Gasteiger partial charge in [0, 0.05) is 6.20 Å². The van der Waals surface area contributed by atoms with Crippen molar-refractivity contribution in [2.75, 3.05) is 12.8 Å². The van der Waals surface area contributed by atoms with Gasteiger partial charge in [-0.3, -0.25) is 0 Å². The fourth-order valence-electron chi connectivity index (χ4n) is 1.87. The highest BCUT2D eigenvalue weighted by Gasteiger charge is 2.26. The van der Waals surface area contributed by atoms with Crippen LogP contribution in [0.25, 0.3) is 5.69 Å². The third kappa shape index (κ3) is 2.42. The molecule has 0 saturated carbocycles. The SMILES string of the molecule is COC(=O)c1c(N)c(C#N)cn1-c1c(F)cc(Cl)c(F)c1Br. The van der Waals surface area contributed by atoms with Crippen LogP contribution in [0.2, 0.25) is 5.02 Å². The molecule has 5 nitrogen and oxygen atoms in total. The molecule has 1 aromatic heterocycles. The quantitative estimate of drug-likeness (QED) is 0.484. The number of nitrogen functional groups attached to an aromatic ring is 1. The van der Waals surface area contributed by atoms with E-state index >= 15 is 0 Å². The number of aromatic nitrogens is 1. The van der Waals surface area contributed by atoms with Crippen LogP contribution >= 0.6 is 27.5 Å². The summed E-state index contributed by atoms with van der Waals surface area (Å²) in [5, 5.41) is 8.56. The Morgan fingerprint density at radius 1 is 1.55 bits per heavy atom. The number of nitrogens with zero attached hydrogens (tertiary/aromatic N) is 2. The number of rotatable bonds is 2. The highest BCUT2D eigenvalue weighted by Crippen LogP contribution is 2.35. The van der Waals surface area contributed by atoms with Gasteiger partial charge in [0.05, 0.1) is 33.5 Å². The summed E-state index contributed by atoms with van der Waals surface area (Å²) < 4.78 is 33.3. The number of hydrogen-bond acceptors (Lipinski definition) is 4. The molecule has 9 heteroatoms. The van der Waals surface area contributed by atoms with Crippen LogP contribution in [0.1, 0.15) is 16.1 Å². The first-order chi connectivity index (χ1) is 10.3. The molecule has 0 saturated heterocycles. The topological polar surface area (TPSA) is 81.0 Å². The lowest BCUT2D eigenvalue weighted by molar-refractivity contribution is 0.0593. The molecule has 0 aliphatic rings. The lowest BCUT2D eigenvalue weighted by atomic mass is 10.2. The number of carbonyl (C=O) groups excluding carboxylic acids is 1. The Morgan fingerprint density at radius 2 is 2.18 bits per heavy atom. The van der Waals surface area contributed by atoms with Crippen molar-refractivity contribution in [2.45, 2.75) is 0 Å². The fourth-order valence-corrected chi connectivity index (χ4v) is 2.77. The van der Waals surface area contributed by atoms with E-state index in [0.717, 1.165) is 23.9 Å². The number of ether oxygens (including phenoxy) is 1. The van der Waals surface area contributed by atoms with Crippen molar-refractivity contribution < 1.29 is 18.3 Å². The molecule has 0 aliphatic carbocycles. The number of esters is 1. The monoisotopic (exact) mass is 389 g/mol. The molecule has 1 aromatic carbocycles. The summed E-state index contributed by atoms with van der Waals surface area (Å²) in [5.74, 6) is -2.73. The van der Waals surface area contributed by atoms with Gasteiger partial charge < -0.3 is 15.0 Å². The Hall–Kier alpha value is -2.11. The van der Waals surface area contributed by atoms with Gasteiger partial charge in [0.2, 0.25) is 0 Å². The van der Waals surface area contributed by atoms with E-state index in [1.54, 1.807) is 6.07 Å². The summed E-state index contributed by atoms with van der Waals surface area (Å²) in [5.41, 5.74) is 4.77. The predicted molar refractivity (Wildman–Crippen MR) is 78.9 cm³/mol. The Morgan fingerprint density at radius 3 is 2.73 bits per heavy atom. The molecule has 0 bridgehead atoms. The number of benzene rings is 1. The molecule has 0 fully saturated rings. The molecule has 0 unspecified atom stereocenters. The van der Waals surface area contributed by atoms with Crippen LogP contribution in [-0.4, -0.2) is 17.6 Å². The molecule has 2 N–H and O–H groups in total. The molecular weight excluding hydrogens is 384 g/mol. The second-order valence-corrected chi connectivity index (χ2v) is 5.30. The maximum absolute atomic E-state index is 14.2. The van der Waals surface area contributed by atoms with Crippen LogP contribution in [0.15, 0.2) is 16.7 Å². The third-order valence-corrected chi connectivity index (χ3v) is 3.87. The number of halogens is 4. The molecule has 1 heterocycles. The number of nitriles is 1. The van der Waals surface area contributed by atoms with Crippen molar-refractivity contribution >= 4 is 39.2 Å². The van der Waals surface area contributed by atoms with Crippen molar-refractivity contribution in [1.29, 1.82) is 5.26 Å². The molecule has 0 radical (unpaired) electrons. The van der Waals surface area contributed by atoms with Crippen LogP contribution in [0.3, 0.4) is 0 Å². The zero-order valence-corrected chi connectivity index (χ0v) is 13.3. The van der Waals surface area contributed by atoms with Gasteiger partial charge in [-0.1, -0.05) is 11.6 Å². The number of anilines is 1. The van der Waals surface area contributed by atoms with Crippen LogP contribution in [0.4, 0.5) is 14.5 Å². The molecule has 0 atom stereocenters. The molecule has 22 heavy (non-hydrogen) atoms. The number of hydrogen-bond donors (Lipinski definition) is 1. The van der Waals surface area contributed by atoms with E-state index in [0.29, 0.717) is 0 Å². The number of nitrogens with two attached hydrogens (primary N) is 1. The highest BCUT2D eigenvalue weighted by molar-refractivity contribution is 9.10. The largest absolute Gasteiger partial charge is 0.464 e. The van der Waals surface area contributed by atoms with Gasteiger partial charge in [-0.25, -0.2) is 13.6 Å². The Kier molecular flexibility index (Phi) is 4.39. The molecule has 2 aromatic rings. The van der Waals surface area contributed by atoms with Crippen LogP contribution in [-0.2, 0) is 4.74 Å². The lowest BCUT2D eigenvalue weighted by Crippen LogP contribution is -2.13. The van der Waals surface area contributed by atoms with E-state index in [2.05, 4.69) is 20.7 Å². The molecule has 114 valence electrons. The van der Waals surface area contributed by atoms with E-state index < -0.39 is 22.6 Å². The predicted octanol–water partition coefficient (Wildman–Crippen LogP) is 3.41. The van der Waals surface area contributed by atoms with Gasteiger partial charge in [0.25, 0.3) is 0 Å². The molecular formula is C13H7BrClF2N3O2. The first-order valence-electron chi connectivity index (χ1n) is 5.66. The minimum Gasteiger partial charge on any atom is -0.464 e. The maximum atomic E-state index is 14.2. The van der Waals surface area contributed by atoms with E-state index in [1.807, 2.05) is 0 Å². The van der Waals surface area contributed by atoms with E-state index in [1.165, 1.54) is 0 Å². The van der Waals surface area contributed by atoms with E-state index in [9.17, 15) is 13.6 Å². The zero-order valence-electron chi connectivity index (χ0n) is 11.0. The average molecular weight is 391 g/mol. The third-order valence-electron chi connectivity index (χ3n) is 2.87. The minimum absolute atomic E-state index is 0.0814. The van der Waals surface area contributed by atoms with Crippen molar-refractivity contribution in [3.63, 3.8) is 0 Å². The maximum Gasteiger partial charge on any atom is 0.357 e. The molecule has 0 amide bonds. The summed E-state index contributed by atoms with van der Waals surface area (Å²) in [6, 6.07) is 2.51. The van der Waals surface area contributed by atoms with Crippen LogP contribution < -0.4 is 5.73 Å². The molecule has 0 spiro atoms.